The van der Waals surface area contributed by atoms with Crippen LogP contribution in [0.15, 0.2) is 67.3 Å². The van der Waals surface area contributed by atoms with Gasteiger partial charge in [-0.3, -0.25) is 9.59 Å². The second-order valence-electron chi connectivity index (χ2n) is 7.06. The molecule has 1 aliphatic heterocycles. The highest BCUT2D eigenvalue weighted by Crippen LogP contribution is 2.27. The van der Waals surface area contributed by atoms with Crippen molar-refractivity contribution in [1.82, 2.24) is 14.5 Å². The van der Waals surface area contributed by atoms with Crippen LogP contribution in [0.1, 0.15) is 27.4 Å². The number of aromatic nitrogens is 2. The van der Waals surface area contributed by atoms with Gasteiger partial charge in [-0.15, -0.1) is 0 Å². The van der Waals surface area contributed by atoms with E-state index in [1.807, 2.05) is 47.0 Å². The fraction of sp³-hybridized carbons (Fsp3) is 0.174. The molecule has 0 saturated heterocycles. The van der Waals surface area contributed by atoms with Gasteiger partial charge in [0, 0.05) is 18.7 Å². The molecule has 4 rings (SSSR count). The van der Waals surface area contributed by atoms with Crippen molar-refractivity contribution in [3.8, 4) is 11.3 Å². The number of fused-ring (bicyclic) bond motifs is 1. The summed E-state index contributed by atoms with van der Waals surface area (Å²) in [4.78, 5) is 30.4. The Labute approximate surface area is 169 Å². The third-order valence-electron chi connectivity index (χ3n) is 5.17. The maximum Gasteiger partial charge on any atom is 0.267 e. The van der Waals surface area contributed by atoms with Gasteiger partial charge >= 0.3 is 0 Å². The van der Waals surface area contributed by atoms with Crippen LogP contribution in [0, 0.1) is 0 Å². The number of nitrogens with zero attached hydrogens (tertiary/aromatic N) is 3. The molecule has 0 spiro atoms. The fourth-order valence-electron chi connectivity index (χ4n) is 3.71. The Morgan fingerprint density at radius 1 is 1.03 bits per heavy atom. The highest BCUT2D eigenvalue weighted by Gasteiger charge is 2.28. The van der Waals surface area contributed by atoms with Crippen molar-refractivity contribution in [1.29, 1.82) is 0 Å². The molecule has 0 unspecified atom stereocenters. The molecule has 0 fully saturated rings. The summed E-state index contributed by atoms with van der Waals surface area (Å²) in [6.45, 7) is 4.84. The number of carbonyl (C=O) groups excluding carboxylic acids is 2. The molecule has 3 aromatic rings. The lowest BCUT2D eigenvalue weighted by Crippen LogP contribution is -2.38. The van der Waals surface area contributed by atoms with Crippen molar-refractivity contribution in [2.75, 3.05) is 6.54 Å². The zero-order valence-corrected chi connectivity index (χ0v) is 16.0. The Bertz CT molecular complexity index is 1070. The Morgan fingerprint density at radius 2 is 1.72 bits per heavy atom. The molecular weight excluding hydrogens is 364 g/mol. The lowest BCUT2D eigenvalue weighted by molar-refractivity contribution is -0.127. The molecule has 6 heteroatoms. The number of imidazole rings is 1. The summed E-state index contributed by atoms with van der Waals surface area (Å²) in [5.74, 6) is -0.00842. The normalized spacial score (nSPS) is 13.0. The van der Waals surface area contributed by atoms with Crippen LogP contribution in [0.4, 0.5) is 0 Å². The van der Waals surface area contributed by atoms with Gasteiger partial charge in [-0.25, -0.2) is 4.98 Å². The fourth-order valence-corrected chi connectivity index (χ4v) is 3.71. The maximum absolute atomic E-state index is 12.2. The van der Waals surface area contributed by atoms with Crippen LogP contribution < -0.4 is 5.73 Å². The predicted octanol–water partition coefficient (Wildman–Crippen LogP) is 2.77. The van der Waals surface area contributed by atoms with Gasteiger partial charge < -0.3 is 15.2 Å². The first-order chi connectivity index (χ1) is 14.1. The van der Waals surface area contributed by atoms with Gasteiger partial charge in [0.15, 0.2) is 0 Å². The molecule has 2 aromatic carbocycles. The molecule has 0 atom stereocenters. The van der Waals surface area contributed by atoms with Gasteiger partial charge in [-0.2, -0.15) is 0 Å². The molecule has 2 N–H and O–H groups in total. The molecule has 2 amide bonds. The summed E-state index contributed by atoms with van der Waals surface area (Å²) >= 11 is 0. The van der Waals surface area contributed by atoms with Crippen molar-refractivity contribution < 1.29 is 9.59 Å². The van der Waals surface area contributed by atoms with Crippen molar-refractivity contribution in [2.24, 2.45) is 5.73 Å². The van der Waals surface area contributed by atoms with E-state index in [0.717, 1.165) is 12.0 Å². The van der Waals surface area contributed by atoms with E-state index < -0.39 is 5.91 Å². The molecular formula is C23H22N4O2. The number of benzene rings is 2. The van der Waals surface area contributed by atoms with Gasteiger partial charge in [-0.05, 0) is 23.6 Å². The standard InChI is InChI=1S/C23H22N4O2/c1-2-20(28)26-12-13-27-19(15-26)25-21(22(27)23(24)29)18-10-8-17(9-11-18)14-16-6-4-3-5-7-16/h2-11H,1,12-15H2,(H2,24,29). The van der Waals surface area contributed by atoms with Crippen molar-refractivity contribution >= 4 is 11.8 Å². The number of hydrogen-bond donors (Lipinski definition) is 1. The summed E-state index contributed by atoms with van der Waals surface area (Å²) in [5.41, 5.74) is 9.87. The topological polar surface area (TPSA) is 81.2 Å². The van der Waals surface area contributed by atoms with E-state index in [1.165, 1.54) is 17.2 Å². The summed E-state index contributed by atoms with van der Waals surface area (Å²) in [5, 5.41) is 0. The van der Waals surface area contributed by atoms with E-state index >= 15 is 0 Å². The lowest BCUT2D eigenvalue weighted by atomic mass is 10.0. The number of amides is 2. The summed E-state index contributed by atoms with van der Waals surface area (Å²) in [7, 11) is 0. The summed E-state index contributed by atoms with van der Waals surface area (Å²) < 4.78 is 1.82. The van der Waals surface area contributed by atoms with E-state index in [-0.39, 0.29) is 5.91 Å². The number of rotatable bonds is 5. The first-order valence-corrected chi connectivity index (χ1v) is 9.50. The Kier molecular flexibility index (Phi) is 4.99. The number of nitrogens with two attached hydrogens (primary N) is 1. The van der Waals surface area contributed by atoms with E-state index in [9.17, 15) is 9.59 Å². The van der Waals surface area contributed by atoms with Gasteiger partial charge in [0.1, 0.15) is 17.2 Å². The Balaban J connectivity index is 1.65. The molecule has 0 radical (unpaired) electrons. The van der Waals surface area contributed by atoms with E-state index in [2.05, 4.69) is 23.7 Å². The second-order valence-corrected chi connectivity index (χ2v) is 7.06. The first-order valence-electron chi connectivity index (χ1n) is 9.50. The summed E-state index contributed by atoms with van der Waals surface area (Å²) in [6.07, 6.45) is 2.13. The molecule has 0 aliphatic carbocycles. The molecule has 0 bridgehead atoms. The van der Waals surface area contributed by atoms with Crippen LogP contribution in [-0.4, -0.2) is 32.8 Å². The van der Waals surface area contributed by atoms with Crippen LogP contribution in [0.25, 0.3) is 11.3 Å². The Morgan fingerprint density at radius 3 is 2.38 bits per heavy atom. The lowest BCUT2D eigenvalue weighted by Gasteiger charge is -2.27. The van der Waals surface area contributed by atoms with Crippen LogP contribution in [-0.2, 0) is 24.3 Å². The minimum absolute atomic E-state index is 0.147. The number of hydrogen-bond acceptors (Lipinski definition) is 3. The van der Waals surface area contributed by atoms with E-state index in [4.69, 9.17) is 5.73 Å². The minimum atomic E-state index is -0.518. The summed E-state index contributed by atoms with van der Waals surface area (Å²) in [6, 6.07) is 18.3. The highest BCUT2D eigenvalue weighted by molar-refractivity contribution is 5.97. The van der Waals surface area contributed by atoms with Crippen LogP contribution >= 0.6 is 0 Å². The molecule has 1 aromatic heterocycles. The third-order valence-corrected chi connectivity index (χ3v) is 5.17. The van der Waals surface area contributed by atoms with Gasteiger partial charge in [-0.1, -0.05) is 61.2 Å². The molecule has 146 valence electrons. The molecule has 29 heavy (non-hydrogen) atoms. The SMILES string of the molecule is C=CC(=O)N1CCn2c(nc(-c3ccc(Cc4ccccc4)cc3)c2C(N)=O)C1. The monoisotopic (exact) mass is 386 g/mol. The van der Waals surface area contributed by atoms with Crippen molar-refractivity contribution in [3.05, 3.63) is 89.9 Å². The third kappa shape index (κ3) is 3.69. The second kappa shape index (κ2) is 7.75. The quantitative estimate of drug-likeness (QED) is 0.685. The van der Waals surface area contributed by atoms with Crippen LogP contribution in [0.5, 0.6) is 0 Å². The average molecular weight is 386 g/mol. The predicted molar refractivity (Wildman–Crippen MR) is 111 cm³/mol. The Hall–Kier alpha value is -3.67. The highest BCUT2D eigenvalue weighted by atomic mass is 16.2. The maximum atomic E-state index is 12.2. The average Bonchev–Trinajstić information content (AvgIpc) is 3.13. The molecule has 6 nitrogen and oxygen atoms in total. The molecule has 1 aliphatic rings. The minimum Gasteiger partial charge on any atom is -0.364 e. The number of carbonyl (C=O) groups is 2. The van der Waals surface area contributed by atoms with Crippen molar-refractivity contribution in [2.45, 2.75) is 19.5 Å². The molecule has 0 saturated carbocycles. The van der Waals surface area contributed by atoms with Crippen LogP contribution in [0.3, 0.4) is 0 Å². The zero-order chi connectivity index (χ0) is 20.4. The van der Waals surface area contributed by atoms with Gasteiger partial charge in [0.2, 0.25) is 5.91 Å². The van der Waals surface area contributed by atoms with Crippen molar-refractivity contribution in [3.63, 3.8) is 0 Å². The molecule has 2 heterocycles. The number of primary amides is 1. The largest absolute Gasteiger partial charge is 0.364 e. The first kappa shape index (κ1) is 18.7. The van der Waals surface area contributed by atoms with Gasteiger partial charge in [0.25, 0.3) is 5.91 Å². The smallest absolute Gasteiger partial charge is 0.267 e. The van der Waals surface area contributed by atoms with Gasteiger partial charge in [0.05, 0.1) is 6.54 Å². The van der Waals surface area contributed by atoms with Crippen LogP contribution in [0.2, 0.25) is 0 Å². The zero-order valence-electron chi connectivity index (χ0n) is 16.0. The van der Waals surface area contributed by atoms with E-state index in [1.54, 1.807) is 4.90 Å². The van der Waals surface area contributed by atoms with E-state index in [0.29, 0.717) is 36.8 Å².